The summed E-state index contributed by atoms with van der Waals surface area (Å²) >= 11 is 0. The molecule has 0 atom stereocenters. The van der Waals surface area contributed by atoms with Gasteiger partial charge in [-0.15, -0.1) is 5.10 Å². The van der Waals surface area contributed by atoms with E-state index in [1.54, 1.807) is 0 Å². The van der Waals surface area contributed by atoms with Crippen LogP contribution in [0.1, 0.15) is 5.89 Å². The number of halogens is 2. The van der Waals surface area contributed by atoms with Crippen LogP contribution >= 0.6 is 0 Å². The molecule has 0 amide bonds. The van der Waals surface area contributed by atoms with E-state index in [9.17, 15) is 8.78 Å². The smallest absolute Gasteiger partial charge is 0.320 e. The molecular formula is C11H12F2N4O. The van der Waals surface area contributed by atoms with Gasteiger partial charge in [-0.3, -0.25) is 0 Å². The second kappa shape index (κ2) is 5.09. The van der Waals surface area contributed by atoms with Crippen LogP contribution in [0.15, 0.2) is 22.6 Å². The summed E-state index contributed by atoms with van der Waals surface area (Å²) < 4.78 is 31.3. The van der Waals surface area contributed by atoms with Crippen LogP contribution in [0.25, 0.3) is 0 Å². The SMILES string of the molecule is CN(C)Cc1nnc(Nc2ccc(F)cc2F)o1. The summed E-state index contributed by atoms with van der Waals surface area (Å²) in [4.78, 5) is 1.86. The minimum atomic E-state index is -0.720. The third kappa shape index (κ3) is 3.01. The maximum absolute atomic E-state index is 13.4. The van der Waals surface area contributed by atoms with Crippen molar-refractivity contribution in [2.75, 3.05) is 19.4 Å². The van der Waals surface area contributed by atoms with Crippen molar-refractivity contribution < 1.29 is 13.2 Å². The fraction of sp³-hybridized carbons (Fsp3) is 0.273. The minimum Gasteiger partial charge on any atom is -0.406 e. The summed E-state index contributed by atoms with van der Waals surface area (Å²) in [6.45, 7) is 0.487. The molecule has 0 saturated heterocycles. The Morgan fingerprint density at radius 1 is 1.28 bits per heavy atom. The Labute approximate surface area is 102 Å². The van der Waals surface area contributed by atoms with Crippen LogP contribution in [0, 0.1) is 11.6 Å². The van der Waals surface area contributed by atoms with E-state index >= 15 is 0 Å². The van der Waals surface area contributed by atoms with E-state index in [2.05, 4.69) is 15.5 Å². The highest BCUT2D eigenvalue weighted by molar-refractivity contribution is 5.52. The van der Waals surface area contributed by atoms with Crippen LogP contribution in [-0.2, 0) is 6.54 Å². The molecule has 2 aromatic rings. The average Bonchev–Trinajstić information content (AvgIpc) is 2.69. The molecule has 0 radical (unpaired) electrons. The number of hydrogen-bond acceptors (Lipinski definition) is 5. The van der Waals surface area contributed by atoms with E-state index in [1.165, 1.54) is 6.07 Å². The first-order valence-corrected chi connectivity index (χ1v) is 5.24. The lowest BCUT2D eigenvalue weighted by Crippen LogP contribution is -2.10. The fourth-order valence-electron chi connectivity index (χ4n) is 1.34. The molecule has 7 heteroatoms. The normalized spacial score (nSPS) is 10.9. The summed E-state index contributed by atoms with van der Waals surface area (Å²) in [6.07, 6.45) is 0. The molecule has 0 unspecified atom stereocenters. The van der Waals surface area contributed by atoms with Crippen molar-refractivity contribution in [3.05, 3.63) is 35.7 Å². The number of aromatic nitrogens is 2. The number of nitrogens with one attached hydrogen (secondary N) is 1. The van der Waals surface area contributed by atoms with Crippen LogP contribution in [0.5, 0.6) is 0 Å². The second-order valence-electron chi connectivity index (χ2n) is 3.99. The van der Waals surface area contributed by atoms with Crippen molar-refractivity contribution in [2.24, 2.45) is 0 Å². The Balaban J connectivity index is 2.11. The predicted molar refractivity (Wildman–Crippen MR) is 61.3 cm³/mol. The lowest BCUT2D eigenvalue weighted by atomic mass is 10.3. The standard InChI is InChI=1S/C11H12F2N4O/c1-17(2)6-10-15-16-11(18-10)14-9-4-3-7(12)5-8(9)13/h3-5H,6H2,1-2H3,(H,14,16). The Morgan fingerprint density at radius 3 is 2.72 bits per heavy atom. The molecule has 5 nitrogen and oxygen atoms in total. The van der Waals surface area contributed by atoms with Crippen molar-refractivity contribution in [1.82, 2.24) is 15.1 Å². The summed E-state index contributed by atoms with van der Waals surface area (Å²) in [7, 11) is 3.72. The molecular weight excluding hydrogens is 242 g/mol. The van der Waals surface area contributed by atoms with Gasteiger partial charge in [-0.05, 0) is 26.2 Å². The first-order chi connectivity index (χ1) is 8.54. The molecule has 0 bridgehead atoms. The Bertz CT molecular complexity index is 542. The van der Waals surface area contributed by atoms with Gasteiger partial charge in [-0.1, -0.05) is 5.10 Å². The average molecular weight is 254 g/mol. The van der Waals surface area contributed by atoms with Gasteiger partial charge >= 0.3 is 6.01 Å². The monoisotopic (exact) mass is 254 g/mol. The van der Waals surface area contributed by atoms with Crippen LogP contribution < -0.4 is 5.32 Å². The van der Waals surface area contributed by atoms with Gasteiger partial charge in [-0.25, -0.2) is 8.78 Å². The minimum absolute atomic E-state index is 0.0670. The van der Waals surface area contributed by atoms with Gasteiger partial charge < -0.3 is 14.6 Å². The zero-order valence-electron chi connectivity index (χ0n) is 9.94. The predicted octanol–water partition coefficient (Wildman–Crippen LogP) is 2.15. The first-order valence-electron chi connectivity index (χ1n) is 5.24. The summed E-state index contributed by atoms with van der Waals surface area (Å²) in [5.41, 5.74) is 0.0800. The molecule has 1 aromatic carbocycles. The van der Waals surface area contributed by atoms with Crippen molar-refractivity contribution >= 4 is 11.7 Å². The molecule has 0 fully saturated rings. The van der Waals surface area contributed by atoms with Crippen molar-refractivity contribution in [2.45, 2.75) is 6.54 Å². The molecule has 0 aliphatic carbocycles. The lowest BCUT2D eigenvalue weighted by molar-refractivity contribution is 0.344. The summed E-state index contributed by atoms with van der Waals surface area (Å²) in [5.74, 6) is -0.954. The molecule has 0 aliphatic rings. The molecule has 0 aliphatic heterocycles. The molecule has 2 rings (SSSR count). The summed E-state index contributed by atoms with van der Waals surface area (Å²) in [6, 6.07) is 3.25. The molecule has 0 spiro atoms. The van der Waals surface area contributed by atoms with Gasteiger partial charge in [0.2, 0.25) is 5.89 Å². The molecule has 96 valence electrons. The number of nitrogens with zero attached hydrogens (tertiary/aromatic N) is 3. The topological polar surface area (TPSA) is 54.2 Å². The van der Waals surface area contributed by atoms with E-state index in [0.717, 1.165) is 12.1 Å². The highest BCUT2D eigenvalue weighted by Gasteiger charge is 2.10. The number of anilines is 2. The van der Waals surface area contributed by atoms with Crippen molar-refractivity contribution in [1.29, 1.82) is 0 Å². The van der Waals surface area contributed by atoms with E-state index in [1.807, 2.05) is 19.0 Å². The maximum Gasteiger partial charge on any atom is 0.320 e. The molecule has 1 aromatic heterocycles. The van der Waals surface area contributed by atoms with Crippen LogP contribution in [0.3, 0.4) is 0 Å². The Morgan fingerprint density at radius 2 is 2.06 bits per heavy atom. The number of benzene rings is 1. The molecule has 1 heterocycles. The maximum atomic E-state index is 13.4. The zero-order valence-corrected chi connectivity index (χ0v) is 9.94. The second-order valence-corrected chi connectivity index (χ2v) is 3.99. The Hall–Kier alpha value is -2.02. The Kier molecular flexibility index (Phi) is 3.52. The van der Waals surface area contributed by atoms with Gasteiger partial charge in [-0.2, -0.15) is 0 Å². The third-order valence-electron chi connectivity index (χ3n) is 2.09. The quantitative estimate of drug-likeness (QED) is 0.906. The van der Waals surface area contributed by atoms with Crippen molar-refractivity contribution in [3.8, 4) is 0 Å². The molecule has 1 N–H and O–H groups in total. The molecule has 18 heavy (non-hydrogen) atoms. The highest BCUT2D eigenvalue weighted by Crippen LogP contribution is 2.19. The van der Waals surface area contributed by atoms with Gasteiger partial charge in [0.15, 0.2) is 0 Å². The zero-order chi connectivity index (χ0) is 13.1. The fourth-order valence-corrected chi connectivity index (χ4v) is 1.34. The summed E-state index contributed by atoms with van der Waals surface area (Å²) in [5, 5.41) is 10.1. The van der Waals surface area contributed by atoms with Crippen LogP contribution in [-0.4, -0.2) is 29.2 Å². The number of rotatable bonds is 4. The number of hydrogen-bond donors (Lipinski definition) is 1. The van der Waals surface area contributed by atoms with Crippen LogP contribution in [0.4, 0.5) is 20.5 Å². The van der Waals surface area contributed by atoms with E-state index in [-0.39, 0.29) is 11.7 Å². The first kappa shape index (κ1) is 12.4. The van der Waals surface area contributed by atoms with E-state index < -0.39 is 11.6 Å². The van der Waals surface area contributed by atoms with Gasteiger partial charge in [0.1, 0.15) is 11.6 Å². The highest BCUT2D eigenvalue weighted by atomic mass is 19.1. The molecule has 0 saturated carbocycles. The van der Waals surface area contributed by atoms with Gasteiger partial charge in [0.25, 0.3) is 0 Å². The van der Waals surface area contributed by atoms with E-state index in [0.29, 0.717) is 12.4 Å². The lowest BCUT2D eigenvalue weighted by Gasteiger charge is -2.04. The third-order valence-corrected chi connectivity index (χ3v) is 2.09. The van der Waals surface area contributed by atoms with Gasteiger partial charge in [0, 0.05) is 6.07 Å². The van der Waals surface area contributed by atoms with Crippen LogP contribution in [0.2, 0.25) is 0 Å². The largest absolute Gasteiger partial charge is 0.406 e. The van der Waals surface area contributed by atoms with Crippen molar-refractivity contribution in [3.63, 3.8) is 0 Å². The van der Waals surface area contributed by atoms with E-state index in [4.69, 9.17) is 4.42 Å². The van der Waals surface area contributed by atoms with Gasteiger partial charge in [0.05, 0.1) is 12.2 Å².